The standard InChI is InChI=1S/C19H14ClN3O5S/c20-14-7-10(5-6-13(14)18(27)28)12-4-2-1-3-11(12)9-21-23-19-22-17(26)15(29-19)8-16(24)25/h1-7,9,15H,8H2,(H,24,25)(H,27,28)(H,22,23,26). The van der Waals surface area contributed by atoms with Crippen molar-refractivity contribution in [2.24, 2.45) is 10.2 Å². The number of hydrogen-bond acceptors (Lipinski definition) is 6. The summed E-state index contributed by atoms with van der Waals surface area (Å²) in [6.07, 6.45) is 1.19. The van der Waals surface area contributed by atoms with E-state index in [0.717, 1.165) is 17.3 Å². The quantitative estimate of drug-likeness (QED) is 0.476. The van der Waals surface area contributed by atoms with Crippen molar-refractivity contribution in [3.05, 3.63) is 58.6 Å². The summed E-state index contributed by atoms with van der Waals surface area (Å²) in [5.41, 5.74) is 2.19. The van der Waals surface area contributed by atoms with Crippen molar-refractivity contribution in [2.45, 2.75) is 11.7 Å². The van der Waals surface area contributed by atoms with Gasteiger partial charge in [-0.25, -0.2) is 4.79 Å². The third-order valence-corrected chi connectivity index (χ3v) is 5.34. The van der Waals surface area contributed by atoms with Crippen molar-refractivity contribution in [3.8, 4) is 11.1 Å². The van der Waals surface area contributed by atoms with Crippen LogP contribution in [0.5, 0.6) is 0 Å². The molecule has 1 amide bonds. The third-order valence-electron chi connectivity index (χ3n) is 3.95. The lowest BCUT2D eigenvalue weighted by atomic mass is 9.99. The van der Waals surface area contributed by atoms with Crippen molar-refractivity contribution >= 4 is 52.6 Å². The number of nitrogens with one attached hydrogen (secondary N) is 1. The van der Waals surface area contributed by atoms with Crippen LogP contribution >= 0.6 is 23.4 Å². The first-order valence-electron chi connectivity index (χ1n) is 8.27. The number of thioether (sulfide) groups is 1. The van der Waals surface area contributed by atoms with Gasteiger partial charge < -0.3 is 15.5 Å². The average molecular weight is 432 g/mol. The number of benzene rings is 2. The van der Waals surface area contributed by atoms with E-state index in [-0.39, 0.29) is 22.2 Å². The van der Waals surface area contributed by atoms with E-state index in [2.05, 4.69) is 15.5 Å². The van der Waals surface area contributed by atoms with Crippen molar-refractivity contribution < 1.29 is 24.6 Å². The first-order valence-corrected chi connectivity index (χ1v) is 9.53. The fraction of sp³-hybridized carbons (Fsp3) is 0.105. The number of amides is 1. The predicted octanol–water partition coefficient (Wildman–Crippen LogP) is 3.10. The second-order valence-corrected chi connectivity index (χ2v) is 7.53. The van der Waals surface area contributed by atoms with Gasteiger partial charge in [-0.15, -0.1) is 5.10 Å². The Morgan fingerprint density at radius 3 is 2.66 bits per heavy atom. The number of halogens is 1. The lowest BCUT2D eigenvalue weighted by Crippen LogP contribution is -2.26. The maximum Gasteiger partial charge on any atom is 0.337 e. The van der Waals surface area contributed by atoms with E-state index in [9.17, 15) is 14.4 Å². The van der Waals surface area contributed by atoms with Crippen LogP contribution in [0, 0.1) is 0 Å². The molecule has 0 radical (unpaired) electrons. The number of carboxylic acids is 2. The lowest BCUT2D eigenvalue weighted by molar-refractivity contribution is -0.138. The Morgan fingerprint density at radius 2 is 1.97 bits per heavy atom. The number of carbonyl (C=O) groups excluding carboxylic acids is 1. The number of carboxylic acid groups (broad SMARTS) is 2. The summed E-state index contributed by atoms with van der Waals surface area (Å²) in [7, 11) is 0. The van der Waals surface area contributed by atoms with Crippen molar-refractivity contribution in [3.63, 3.8) is 0 Å². The SMILES string of the molecule is O=C(O)CC1SC(=NN=Cc2ccccc2-c2ccc(C(=O)O)c(Cl)c2)NC1=O. The summed E-state index contributed by atoms with van der Waals surface area (Å²) >= 11 is 7.07. The van der Waals surface area contributed by atoms with Crippen LogP contribution in [-0.2, 0) is 9.59 Å². The molecule has 10 heteroatoms. The van der Waals surface area contributed by atoms with E-state index in [1.54, 1.807) is 24.3 Å². The zero-order valence-electron chi connectivity index (χ0n) is 14.7. The van der Waals surface area contributed by atoms with E-state index >= 15 is 0 Å². The molecule has 2 aromatic rings. The van der Waals surface area contributed by atoms with Crippen LogP contribution < -0.4 is 5.32 Å². The molecule has 3 N–H and O–H groups in total. The highest BCUT2D eigenvalue weighted by atomic mass is 35.5. The minimum absolute atomic E-state index is 0.0119. The first kappa shape index (κ1) is 20.6. The second kappa shape index (κ2) is 8.89. The lowest BCUT2D eigenvalue weighted by Gasteiger charge is -2.07. The molecule has 2 aromatic carbocycles. The number of hydrogen-bond donors (Lipinski definition) is 3. The van der Waals surface area contributed by atoms with Gasteiger partial charge in [0.05, 0.1) is 23.2 Å². The molecular formula is C19H14ClN3O5S. The number of nitrogens with zero attached hydrogens (tertiary/aromatic N) is 2. The minimum Gasteiger partial charge on any atom is -0.481 e. The molecular weight excluding hydrogens is 418 g/mol. The Morgan fingerprint density at radius 1 is 1.21 bits per heavy atom. The molecule has 29 heavy (non-hydrogen) atoms. The summed E-state index contributed by atoms with van der Waals surface area (Å²) < 4.78 is 0. The van der Waals surface area contributed by atoms with Gasteiger partial charge in [0.1, 0.15) is 5.25 Å². The molecule has 1 saturated heterocycles. The fourth-order valence-electron chi connectivity index (χ4n) is 2.62. The highest BCUT2D eigenvalue weighted by molar-refractivity contribution is 8.15. The Labute approximate surface area is 174 Å². The van der Waals surface area contributed by atoms with Crippen LogP contribution in [0.3, 0.4) is 0 Å². The van der Waals surface area contributed by atoms with Crippen molar-refractivity contribution in [1.82, 2.24) is 5.32 Å². The first-order chi connectivity index (χ1) is 13.8. The zero-order chi connectivity index (χ0) is 21.0. The van der Waals surface area contributed by atoms with Gasteiger partial charge in [0.15, 0.2) is 5.17 Å². The average Bonchev–Trinajstić information content (AvgIpc) is 3.00. The van der Waals surface area contributed by atoms with Gasteiger partial charge >= 0.3 is 11.9 Å². The number of amidine groups is 1. The summed E-state index contributed by atoms with van der Waals surface area (Å²) in [5.74, 6) is -2.59. The molecule has 1 aliphatic rings. The normalized spacial score (nSPS) is 17.6. The van der Waals surface area contributed by atoms with Crippen LogP contribution in [0.25, 0.3) is 11.1 Å². The van der Waals surface area contributed by atoms with E-state index in [1.807, 2.05) is 12.1 Å². The molecule has 8 nitrogen and oxygen atoms in total. The molecule has 3 rings (SSSR count). The van der Waals surface area contributed by atoms with E-state index < -0.39 is 23.1 Å². The second-order valence-electron chi connectivity index (χ2n) is 5.93. The van der Waals surface area contributed by atoms with E-state index in [0.29, 0.717) is 11.1 Å². The monoisotopic (exact) mass is 431 g/mol. The molecule has 0 aliphatic carbocycles. The zero-order valence-corrected chi connectivity index (χ0v) is 16.3. The molecule has 148 valence electrons. The maximum absolute atomic E-state index is 11.7. The number of aliphatic carboxylic acids is 1. The Kier molecular flexibility index (Phi) is 6.30. The van der Waals surface area contributed by atoms with Crippen LogP contribution in [0.15, 0.2) is 52.7 Å². The maximum atomic E-state index is 11.7. The van der Waals surface area contributed by atoms with Crippen molar-refractivity contribution in [1.29, 1.82) is 0 Å². The van der Waals surface area contributed by atoms with Crippen LogP contribution in [0.1, 0.15) is 22.3 Å². The summed E-state index contributed by atoms with van der Waals surface area (Å²) in [6.45, 7) is 0. The number of rotatable bonds is 6. The Hall–Kier alpha value is -3.17. The van der Waals surface area contributed by atoms with Gasteiger partial charge in [-0.05, 0) is 23.3 Å². The summed E-state index contributed by atoms with van der Waals surface area (Å²) in [6, 6.07) is 11.9. The van der Waals surface area contributed by atoms with Gasteiger partial charge in [-0.1, -0.05) is 53.7 Å². The van der Waals surface area contributed by atoms with Crippen molar-refractivity contribution in [2.75, 3.05) is 0 Å². The largest absolute Gasteiger partial charge is 0.481 e. The Balaban J connectivity index is 1.81. The molecule has 1 aliphatic heterocycles. The summed E-state index contributed by atoms with van der Waals surface area (Å²) in [5, 5.41) is 27.9. The smallest absolute Gasteiger partial charge is 0.337 e. The van der Waals surface area contributed by atoms with Gasteiger partial charge in [0.2, 0.25) is 5.91 Å². The minimum atomic E-state index is -1.11. The van der Waals surface area contributed by atoms with E-state index in [1.165, 1.54) is 12.3 Å². The highest BCUT2D eigenvalue weighted by Crippen LogP contribution is 2.28. The molecule has 1 unspecified atom stereocenters. The van der Waals surface area contributed by atoms with Crippen LogP contribution in [0.4, 0.5) is 0 Å². The predicted molar refractivity (Wildman–Crippen MR) is 111 cm³/mol. The molecule has 1 fully saturated rings. The van der Waals surface area contributed by atoms with Gasteiger partial charge in [0, 0.05) is 5.56 Å². The van der Waals surface area contributed by atoms with Crippen LogP contribution in [0.2, 0.25) is 5.02 Å². The summed E-state index contributed by atoms with van der Waals surface area (Å²) in [4.78, 5) is 33.6. The van der Waals surface area contributed by atoms with Gasteiger partial charge in [0.25, 0.3) is 0 Å². The molecule has 1 atom stereocenters. The van der Waals surface area contributed by atoms with Gasteiger partial charge in [-0.2, -0.15) is 5.10 Å². The van der Waals surface area contributed by atoms with Gasteiger partial charge in [-0.3, -0.25) is 9.59 Å². The molecule has 1 heterocycles. The molecule has 0 bridgehead atoms. The van der Waals surface area contributed by atoms with Crippen LogP contribution in [-0.4, -0.2) is 44.7 Å². The fourth-order valence-corrected chi connectivity index (χ4v) is 3.79. The molecule has 0 spiro atoms. The number of carbonyl (C=O) groups is 3. The molecule has 0 saturated carbocycles. The Bertz CT molecular complexity index is 1050. The highest BCUT2D eigenvalue weighted by Gasteiger charge is 2.32. The topological polar surface area (TPSA) is 128 Å². The third kappa shape index (κ3) is 5.01. The molecule has 0 aromatic heterocycles. The number of aromatic carboxylic acids is 1. The van der Waals surface area contributed by atoms with E-state index in [4.69, 9.17) is 21.8 Å².